The molecule has 0 spiro atoms. The number of hydrogen-bond donors (Lipinski definition) is 2. The summed E-state index contributed by atoms with van der Waals surface area (Å²) in [5.74, 6) is 1.57. The SMILES string of the molecule is CC1CCCC(n2c(C(C)O)nc3cc(N)ccc32)CC1. The summed E-state index contributed by atoms with van der Waals surface area (Å²) in [5.41, 5.74) is 8.58. The van der Waals surface area contributed by atoms with E-state index in [0.717, 1.165) is 34.9 Å². The van der Waals surface area contributed by atoms with Crippen LogP contribution in [0.4, 0.5) is 5.69 Å². The third-order valence-electron chi connectivity index (χ3n) is 4.71. The van der Waals surface area contributed by atoms with Crippen LogP contribution in [-0.4, -0.2) is 14.7 Å². The van der Waals surface area contributed by atoms with E-state index in [1.54, 1.807) is 6.92 Å². The molecular formula is C17H25N3O. The second-order valence-electron chi connectivity index (χ2n) is 6.53. The molecule has 2 aromatic rings. The lowest BCUT2D eigenvalue weighted by Gasteiger charge is -2.21. The van der Waals surface area contributed by atoms with Gasteiger partial charge in [-0.25, -0.2) is 4.98 Å². The molecule has 3 unspecified atom stereocenters. The van der Waals surface area contributed by atoms with Gasteiger partial charge < -0.3 is 15.4 Å². The molecular weight excluding hydrogens is 262 g/mol. The van der Waals surface area contributed by atoms with E-state index < -0.39 is 6.10 Å². The zero-order valence-corrected chi connectivity index (χ0v) is 12.9. The van der Waals surface area contributed by atoms with Gasteiger partial charge in [-0.1, -0.05) is 19.8 Å². The van der Waals surface area contributed by atoms with E-state index in [0.29, 0.717) is 6.04 Å². The molecule has 1 aromatic heterocycles. The van der Waals surface area contributed by atoms with E-state index >= 15 is 0 Å². The minimum absolute atomic E-state index is 0.438. The summed E-state index contributed by atoms with van der Waals surface area (Å²) >= 11 is 0. The second kappa shape index (κ2) is 5.68. The van der Waals surface area contributed by atoms with E-state index in [4.69, 9.17) is 5.73 Å². The Labute approximate surface area is 126 Å². The second-order valence-corrected chi connectivity index (χ2v) is 6.53. The van der Waals surface area contributed by atoms with Gasteiger partial charge in [0.05, 0.1) is 11.0 Å². The minimum Gasteiger partial charge on any atom is -0.399 e. The van der Waals surface area contributed by atoms with Crippen LogP contribution in [0.2, 0.25) is 0 Å². The highest BCUT2D eigenvalue weighted by molar-refractivity contribution is 5.80. The fraction of sp³-hybridized carbons (Fsp3) is 0.588. The molecule has 0 bridgehead atoms. The fourth-order valence-electron chi connectivity index (χ4n) is 3.54. The number of anilines is 1. The molecule has 3 rings (SSSR count). The van der Waals surface area contributed by atoms with Crippen LogP contribution in [0.5, 0.6) is 0 Å². The Kier molecular flexibility index (Phi) is 3.89. The van der Waals surface area contributed by atoms with Crippen molar-refractivity contribution in [1.82, 2.24) is 9.55 Å². The molecule has 3 N–H and O–H groups in total. The molecule has 0 amide bonds. The highest BCUT2D eigenvalue weighted by atomic mass is 16.3. The normalized spacial score (nSPS) is 24.9. The van der Waals surface area contributed by atoms with Gasteiger partial charge >= 0.3 is 0 Å². The summed E-state index contributed by atoms with van der Waals surface area (Å²) in [5, 5.41) is 10.1. The van der Waals surface area contributed by atoms with Crippen molar-refractivity contribution in [1.29, 1.82) is 0 Å². The molecule has 0 saturated heterocycles. The summed E-state index contributed by atoms with van der Waals surface area (Å²) in [6.07, 6.45) is 5.58. The molecule has 1 saturated carbocycles. The van der Waals surface area contributed by atoms with Crippen LogP contribution in [-0.2, 0) is 0 Å². The molecule has 114 valence electrons. The Bertz CT molecular complexity index is 632. The minimum atomic E-state index is -0.556. The Hall–Kier alpha value is -1.55. The zero-order chi connectivity index (χ0) is 15.0. The predicted molar refractivity (Wildman–Crippen MR) is 86.1 cm³/mol. The van der Waals surface area contributed by atoms with Gasteiger partial charge in [-0.15, -0.1) is 0 Å². The zero-order valence-electron chi connectivity index (χ0n) is 12.9. The third-order valence-corrected chi connectivity index (χ3v) is 4.71. The van der Waals surface area contributed by atoms with Gasteiger partial charge in [-0.2, -0.15) is 0 Å². The van der Waals surface area contributed by atoms with Crippen LogP contribution in [0.25, 0.3) is 11.0 Å². The summed E-state index contributed by atoms with van der Waals surface area (Å²) in [6.45, 7) is 4.13. The monoisotopic (exact) mass is 287 g/mol. The molecule has 21 heavy (non-hydrogen) atoms. The fourth-order valence-corrected chi connectivity index (χ4v) is 3.54. The summed E-state index contributed by atoms with van der Waals surface area (Å²) < 4.78 is 2.26. The number of hydrogen-bond acceptors (Lipinski definition) is 3. The van der Waals surface area contributed by atoms with E-state index in [1.807, 2.05) is 18.2 Å². The van der Waals surface area contributed by atoms with Crippen LogP contribution in [0, 0.1) is 5.92 Å². The van der Waals surface area contributed by atoms with Crippen molar-refractivity contribution >= 4 is 16.7 Å². The highest BCUT2D eigenvalue weighted by Crippen LogP contribution is 2.35. The van der Waals surface area contributed by atoms with Crippen molar-refractivity contribution < 1.29 is 5.11 Å². The van der Waals surface area contributed by atoms with E-state index in [-0.39, 0.29) is 0 Å². The van der Waals surface area contributed by atoms with Gasteiger partial charge in [0.25, 0.3) is 0 Å². The average molecular weight is 287 g/mol. The first-order chi connectivity index (χ1) is 10.1. The van der Waals surface area contributed by atoms with E-state index in [9.17, 15) is 5.11 Å². The maximum Gasteiger partial charge on any atom is 0.138 e. The predicted octanol–water partition coefficient (Wildman–Crippen LogP) is 3.81. The first-order valence-corrected chi connectivity index (χ1v) is 8.01. The van der Waals surface area contributed by atoms with Crippen molar-refractivity contribution in [2.24, 2.45) is 5.92 Å². The van der Waals surface area contributed by atoms with Gasteiger partial charge in [0.15, 0.2) is 0 Å². The number of benzene rings is 1. The number of nitrogens with two attached hydrogens (primary N) is 1. The largest absolute Gasteiger partial charge is 0.399 e. The third kappa shape index (κ3) is 2.77. The lowest BCUT2D eigenvalue weighted by atomic mass is 10.0. The topological polar surface area (TPSA) is 64.1 Å². The number of imidazole rings is 1. The maximum atomic E-state index is 10.1. The number of nitrogens with zero attached hydrogens (tertiary/aromatic N) is 2. The van der Waals surface area contributed by atoms with Gasteiger partial charge in [0.1, 0.15) is 11.9 Å². The Balaban J connectivity index is 2.08. The van der Waals surface area contributed by atoms with Crippen LogP contribution >= 0.6 is 0 Å². The van der Waals surface area contributed by atoms with Gasteiger partial charge in [-0.3, -0.25) is 0 Å². The van der Waals surface area contributed by atoms with E-state index in [2.05, 4.69) is 16.5 Å². The van der Waals surface area contributed by atoms with Gasteiger partial charge in [-0.05, 0) is 50.3 Å². The quantitative estimate of drug-likeness (QED) is 0.652. The number of nitrogen functional groups attached to an aromatic ring is 1. The van der Waals surface area contributed by atoms with Gasteiger partial charge in [0, 0.05) is 11.7 Å². The van der Waals surface area contributed by atoms with Crippen LogP contribution in [0.15, 0.2) is 18.2 Å². The number of aliphatic hydroxyl groups is 1. The molecule has 1 aromatic carbocycles. The van der Waals surface area contributed by atoms with Crippen molar-refractivity contribution in [2.75, 3.05) is 5.73 Å². The highest BCUT2D eigenvalue weighted by Gasteiger charge is 2.24. The van der Waals surface area contributed by atoms with Gasteiger partial charge in [0.2, 0.25) is 0 Å². The molecule has 0 aliphatic heterocycles. The summed E-state index contributed by atoms with van der Waals surface area (Å²) in [7, 11) is 0. The van der Waals surface area contributed by atoms with Crippen LogP contribution < -0.4 is 5.73 Å². The molecule has 1 aliphatic rings. The van der Waals surface area contributed by atoms with Crippen molar-refractivity contribution in [2.45, 2.75) is 58.1 Å². The lowest BCUT2D eigenvalue weighted by molar-refractivity contribution is 0.180. The molecule has 4 nitrogen and oxygen atoms in total. The Morgan fingerprint density at radius 2 is 2.10 bits per heavy atom. The number of aromatic nitrogens is 2. The standard InChI is InChI=1S/C17H25N3O/c1-11-4-3-5-14(8-6-11)20-16-9-7-13(18)10-15(16)19-17(20)12(2)21/h7,9-12,14,21H,3-6,8,18H2,1-2H3. The molecule has 4 heteroatoms. The number of fused-ring (bicyclic) bond motifs is 1. The Morgan fingerprint density at radius 1 is 1.29 bits per heavy atom. The average Bonchev–Trinajstić information content (AvgIpc) is 2.68. The van der Waals surface area contributed by atoms with Crippen molar-refractivity contribution in [3.05, 3.63) is 24.0 Å². The van der Waals surface area contributed by atoms with Crippen LogP contribution in [0.3, 0.4) is 0 Å². The van der Waals surface area contributed by atoms with E-state index in [1.165, 1.54) is 25.7 Å². The number of aliphatic hydroxyl groups excluding tert-OH is 1. The maximum absolute atomic E-state index is 10.1. The van der Waals surface area contributed by atoms with Crippen LogP contribution in [0.1, 0.15) is 63.9 Å². The summed E-state index contributed by atoms with van der Waals surface area (Å²) in [6, 6.07) is 6.30. The molecule has 0 radical (unpaired) electrons. The van der Waals surface area contributed by atoms with Crippen molar-refractivity contribution in [3.8, 4) is 0 Å². The first kappa shape index (κ1) is 14.4. The van der Waals surface area contributed by atoms with Crippen molar-refractivity contribution in [3.63, 3.8) is 0 Å². The molecule has 1 aliphatic carbocycles. The Morgan fingerprint density at radius 3 is 2.86 bits per heavy atom. The molecule has 1 heterocycles. The number of rotatable bonds is 2. The summed E-state index contributed by atoms with van der Waals surface area (Å²) in [4.78, 5) is 4.63. The lowest BCUT2D eigenvalue weighted by Crippen LogP contribution is -2.13. The smallest absolute Gasteiger partial charge is 0.138 e. The molecule has 1 fully saturated rings. The first-order valence-electron chi connectivity index (χ1n) is 8.01. The molecule has 3 atom stereocenters.